The number of nitrogens with zero attached hydrogens (tertiary/aromatic N) is 1. The van der Waals surface area contributed by atoms with Crippen molar-refractivity contribution in [1.82, 2.24) is 0 Å². The van der Waals surface area contributed by atoms with E-state index in [0.717, 1.165) is 38.5 Å². The van der Waals surface area contributed by atoms with Gasteiger partial charge in [0.1, 0.15) is 11.8 Å². The number of carbonyl (C=O) groups is 1. The van der Waals surface area contributed by atoms with Gasteiger partial charge in [-0.05, 0) is 56.6 Å². The molecule has 1 N–H and O–H groups in total. The summed E-state index contributed by atoms with van der Waals surface area (Å²) in [6, 6.07) is 7.12. The van der Waals surface area contributed by atoms with E-state index in [1.165, 1.54) is 0 Å². The minimum Gasteiger partial charge on any atom is -0.490 e. The maximum Gasteiger partial charge on any atom is 0.309 e. The summed E-state index contributed by atoms with van der Waals surface area (Å²) < 4.78 is 5.94. The van der Waals surface area contributed by atoms with Crippen LogP contribution in [0.1, 0.15) is 44.1 Å². The lowest BCUT2D eigenvalue weighted by atomic mass is 9.77. The van der Waals surface area contributed by atoms with Crippen LogP contribution in [-0.2, 0) is 4.79 Å². The number of rotatable bonds is 4. The van der Waals surface area contributed by atoms with Gasteiger partial charge in [0, 0.05) is 6.07 Å². The van der Waals surface area contributed by atoms with E-state index < -0.39 is 11.4 Å². The quantitative estimate of drug-likeness (QED) is 0.910. The number of aliphatic carboxylic acids is 1. The maximum absolute atomic E-state index is 11.4. The Kier molecular flexibility index (Phi) is 4.01. The summed E-state index contributed by atoms with van der Waals surface area (Å²) in [6.07, 6.45) is 5.30. The molecule has 1 aromatic rings. The molecule has 0 radical (unpaired) electrons. The van der Waals surface area contributed by atoms with Gasteiger partial charge < -0.3 is 9.84 Å². The van der Waals surface area contributed by atoms with Crippen LogP contribution >= 0.6 is 11.6 Å². The monoisotopic (exact) mass is 319 g/mol. The normalized spacial score (nSPS) is 26.0. The summed E-state index contributed by atoms with van der Waals surface area (Å²) in [7, 11) is 0. The summed E-state index contributed by atoms with van der Waals surface area (Å²) >= 11 is 6.01. The highest BCUT2D eigenvalue weighted by atomic mass is 35.5. The van der Waals surface area contributed by atoms with E-state index in [4.69, 9.17) is 21.6 Å². The lowest BCUT2D eigenvalue weighted by Crippen LogP contribution is -2.32. The lowest BCUT2D eigenvalue weighted by Gasteiger charge is -2.32. The maximum atomic E-state index is 11.4. The molecular formula is C17H18ClNO3. The number of nitriles is 1. The third-order valence-electron chi connectivity index (χ3n) is 5.03. The van der Waals surface area contributed by atoms with E-state index in [2.05, 4.69) is 0 Å². The Morgan fingerprint density at radius 2 is 2.00 bits per heavy atom. The second-order valence-corrected chi connectivity index (χ2v) is 6.71. The first kappa shape index (κ1) is 15.2. The number of hydrogen-bond acceptors (Lipinski definition) is 3. The van der Waals surface area contributed by atoms with Crippen molar-refractivity contribution in [3.8, 4) is 11.8 Å². The van der Waals surface area contributed by atoms with Crippen LogP contribution in [0.15, 0.2) is 18.2 Å². The lowest BCUT2D eigenvalue weighted by molar-refractivity contribution is -0.146. The predicted molar refractivity (Wildman–Crippen MR) is 81.8 cm³/mol. The Hall–Kier alpha value is -1.73. The topological polar surface area (TPSA) is 70.3 Å². The van der Waals surface area contributed by atoms with Crippen molar-refractivity contribution < 1.29 is 14.6 Å². The fraction of sp³-hybridized carbons (Fsp3) is 0.529. The Bertz CT molecular complexity index is 625. The molecule has 0 aliphatic heterocycles. The zero-order chi connectivity index (χ0) is 15.7. The van der Waals surface area contributed by atoms with Gasteiger partial charge >= 0.3 is 5.97 Å². The largest absolute Gasteiger partial charge is 0.490 e. The van der Waals surface area contributed by atoms with Crippen LogP contribution < -0.4 is 4.74 Å². The van der Waals surface area contributed by atoms with Crippen molar-refractivity contribution in [2.24, 2.45) is 11.3 Å². The predicted octanol–water partition coefficient (Wildman–Crippen LogP) is 4.01. The molecule has 2 aliphatic rings. The van der Waals surface area contributed by atoms with Crippen LogP contribution in [0.4, 0.5) is 0 Å². The van der Waals surface area contributed by atoms with E-state index in [1.54, 1.807) is 18.2 Å². The molecule has 0 amide bonds. The van der Waals surface area contributed by atoms with Gasteiger partial charge in [-0.3, -0.25) is 4.79 Å². The first-order chi connectivity index (χ1) is 10.5. The molecule has 0 atom stereocenters. The Labute approximate surface area is 134 Å². The minimum atomic E-state index is -0.629. The standard InChI is InChI=1S/C17H18ClNO3/c18-15-9-14(4-1-11(15)10-19)22-13-5-2-12(3-6-13)17(7-8-17)16(20)21/h1,4,9,12-13H,2-3,5-8H2,(H,20,21). The molecule has 5 heteroatoms. The summed E-state index contributed by atoms with van der Waals surface area (Å²) in [5, 5.41) is 18.6. The molecule has 2 fully saturated rings. The van der Waals surface area contributed by atoms with Gasteiger partial charge in [0.25, 0.3) is 0 Å². The second kappa shape index (κ2) is 5.81. The van der Waals surface area contributed by atoms with Gasteiger partial charge in [0.15, 0.2) is 0 Å². The van der Waals surface area contributed by atoms with Crippen LogP contribution in [0.25, 0.3) is 0 Å². The third-order valence-corrected chi connectivity index (χ3v) is 5.35. The smallest absolute Gasteiger partial charge is 0.309 e. The molecular weight excluding hydrogens is 302 g/mol. The first-order valence-corrected chi connectivity index (χ1v) is 8.02. The summed E-state index contributed by atoms with van der Waals surface area (Å²) in [4.78, 5) is 11.4. The fourth-order valence-electron chi connectivity index (χ4n) is 3.52. The number of carboxylic acid groups (broad SMARTS) is 1. The fourth-order valence-corrected chi connectivity index (χ4v) is 3.73. The second-order valence-electron chi connectivity index (χ2n) is 6.31. The molecule has 2 aliphatic carbocycles. The van der Waals surface area contributed by atoms with E-state index >= 15 is 0 Å². The van der Waals surface area contributed by atoms with Gasteiger partial charge in [-0.1, -0.05) is 11.6 Å². The molecule has 4 nitrogen and oxygen atoms in total. The average Bonchev–Trinajstić information content (AvgIpc) is 3.30. The summed E-state index contributed by atoms with van der Waals surface area (Å²) in [6.45, 7) is 0. The zero-order valence-corrected chi connectivity index (χ0v) is 13.0. The molecule has 22 heavy (non-hydrogen) atoms. The van der Waals surface area contributed by atoms with Crippen LogP contribution in [0.2, 0.25) is 5.02 Å². The van der Waals surface area contributed by atoms with Gasteiger partial charge in [-0.2, -0.15) is 5.26 Å². The highest BCUT2D eigenvalue weighted by molar-refractivity contribution is 6.31. The first-order valence-electron chi connectivity index (χ1n) is 7.65. The van der Waals surface area contributed by atoms with Gasteiger partial charge in [-0.25, -0.2) is 0 Å². The molecule has 1 aromatic carbocycles. The summed E-state index contributed by atoms with van der Waals surface area (Å²) in [5.74, 6) is 0.331. The Morgan fingerprint density at radius 1 is 1.32 bits per heavy atom. The van der Waals surface area contributed by atoms with Crippen molar-refractivity contribution in [3.63, 3.8) is 0 Å². The Balaban J connectivity index is 1.57. The molecule has 0 aromatic heterocycles. The zero-order valence-electron chi connectivity index (χ0n) is 12.2. The van der Waals surface area contributed by atoms with Gasteiger partial charge in [-0.15, -0.1) is 0 Å². The molecule has 0 bridgehead atoms. The van der Waals surface area contributed by atoms with Gasteiger partial charge in [0.05, 0.1) is 22.1 Å². The van der Waals surface area contributed by atoms with Crippen LogP contribution in [0.5, 0.6) is 5.75 Å². The molecule has 3 rings (SSSR count). The van der Waals surface area contributed by atoms with Crippen molar-refractivity contribution in [3.05, 3.63) is 28.8 Å². The van der Waals surface area contributed by atoms with E-state index in [9.17, 15) is 9.90 Å². The van der Waals surface area contributed by atoms with Crippen LogP contribution in [-0.4, -0.2) is 17.2 Å². The molecule has 0 saturated heterocycles. The van der Waals surface area contributed by atoms with Gasteiger partial charge in [0.2, 0.25) is 0 Å². The van der Waals surface area contributed by atoms with E-state index in [1.807, 2.05) is 6.07 Å². The molecule has 0 unspecified atom stereocenters. The summed E-state index contributed by atoms with van der Waals surface area (Å²) in [5.41, 5.74) is -0.00206. The highest BCUT2D eigenvalue weighted by Gasteiger charge is 2.56. The van der Waals surface area contributed by atoms with Crippen molar-refractivity contribution in [2.75, 3.05) is 0 Å². The van der Waals surface area contributed by atoms with E-state index in [0.29, 0.717) is 16.3 Å². The van der Waals surface area contributed by atoms with Crippen molar-refractivity contribution in [2.45, 2.75) is 44.6 Å². The van der Waals surface area contributed by atoms with Crippen LogP contribution in [0, 0.1) is 22.7 Å². The number of halogens is 1. The number of carboxylic acids is 1. The number of hydrogen-bond donors (Lipinski definition) is 1. The van der Waals surface area contributed by atoms with Crippen molar-refractivity contribution >= 4 is 17.6 Å². The highest BCUT2D eigenvalue weighted by Crippen LogP contribution is 2.56. The SMILES string of the molecule is N#Cc1ccc(OC2CCC(C3(C(=O)O)CC3)CC2)cc1Cl. The minimum absolute atomic E-state index is 0.102. The van der Waals surface area contributed by atoms with Crippen molar-refractivity contribution in [1.29, 1.82) is 5.26 Å². The number of ether oxygens (including phenoxy) is 1. The average molecular weight is 320 g/mol. The van der Waals surface area contributed by atoms with Crippen LogP contribution in [0.3, 0.4) is 0 Å². The molecule has 2 saturated carbocycles. The molecule has 0 heterocycles. The molecule has 116 valence electrons. The van der Waals surface area contributed by atoms with E-state index in [-0.39, 0.29) is 12.0 Å². The third kappa shape index (κ3) is 2.78. The Morgan fingerprint density at radius 3 is 2.50 bits per heavy atom. The number of benzene rings is 1. The molecule has 0 spiro atoms.